The van der Waals surface area contributed by atoms with Gasteiger partial charge in [0.1, 0.15) is 0 Å². The Bertz CT molecular complexity index is 555. The Morgan fingerprint density at radius 3 is 2.68 bits per heavy atom. The van der Waals surface area contributed by atoms with E-state index in [2.05, 4.69) is 27.8 Å². The monoisotopic (exact) mass is 258 g/mol. The van der Waals surface area contributed by atoms with Crippen molar-refractivity contribution in [2.24, 2.45) is 7.05 Å². The van der Waals surface area contributed by atoms with E-state index in [9.17, 15) is 5.11 Å². The zero-order chi connectivity index (χ0) is 13.2. The molecular formula is C16H22N2O. The minimum atomic E-state index is -0.385. The molecule has 2 heterocycles. The van der Waals surface area contributed by atoms with E-state index in [-0.39, 0.29) is 6.10 Å². The van der Waals surface area contributed by atoms with Crippen LogP contribution in [-0.4, -0.2) is 34.2 Å². The summed E-state index contributed by atoms with van der Waals surface area (Å²) in [5, 5.41) is 11.7. The number of β-amino-alcohol motifs (C(OH)–C–C–N with tert-alkyl or cyclic N) is 1. The molecule has 1 N–H and O–H groups in total. The van der Waals surface area contributed by atoms with Crippen molar-refractivity contribution < 1.29 is 5.11 Å². The van der Waals surface area contributed by atoms with Gasteiger partial charge in [-0.3, -0.25) is 0 Å². The Kier molecular flexibility index (Phi) is 3.58. The third-order valence-corrected chi connectivity index (χ3v) is 4.17. The minimum absolute atomic E-state index is 0.385. The van der Waals surface area contributed by atoms with Crippen molar-refractivity contribution in [1.82, 2.24) is 9.47 Å². The van der Waals surface area contributed by atoms with Gasteiger partial charge in [-0.1, -0.05) is 24.6 Å². The summed E-state index contributed by atoms with van der Waals surface area (Å²) in [5.41, 5.74) is 2.25. The van der Waals surface area contributed by atoms with Crippen LogP contribution in [0.25, 0.3) is 10.9 Å². The summed E-state index contributed by atoms with van der Waals surface area (Å²) in [7, 11) is 2.04. The quantitative estimate of drug-likeness (QED) is 0.917. The van der Waals surface area contributed by atoms with E-state index in [1.165, 1.54) is 30.2 Å². The largest absolute Gasteiger partial charge is 0.387 e. The van der Waals surface area contributed by atoms with Gasteiger partial charge in [-0.05, 0) is 32.0 Å². The molecule has 1 aromatic heterocycles. The molecule has 0 amide bonds. The number of aliphatic hydroxyl groups is 1. The van der Waals surface area contributed by atoms with Crippen LogP contribution < -0.4 is 0 Å². The number of nitrogens with zero attached hydrogens (tertiary/aromatic N) is 2. The number of aromatic nitrogens is 1. The van der Waals surface area contributed by atoms with Gasteiger partial charge in [0.25, 0.3) is 0 Å². The van der Waals surface area contributed by atoms with Gasteiger partial charge in [-0.2, -0.15) is 0 Å². The molecule has 102 valence electrons. The van der Waals surface area contributed by atoms with Crippen molar-refractivity contribution in [3.63, 3.8) is 0 Å². The summed E-state index contributed by atoms with van der Waals surface area (Å²) < 4.78 is 2.10. The molecule has 0 radical (unpaired) electrons. The van der Waals surface area contributed by atoms with Crippen molar-refractivity contribution in [2.75, 3.05) is 19.6 Å². The molecule has 1 atom stereocenters. The van der Waals surface area contributed by atoms with E-state index in [4.69, 9.17) is 0 Å². The number of hydrogen-bond donors (Lipinski definition) is 1. The number of aliphatic hydroxyl groups excluding tert-OH is 1. The number of benzene rings is 1. The average molecular weight is 258 g/mol. The Morgan fingerprint density at radius 1 is 1.16 bits per heavy atom. The average Bonchev–Trinajstić information content (AvgIpc) is 2.78. The number of para-hydroxylation sites is 1. The Hall–Kier alpha value is -1.32. The van der Waals surface area contributed by atoms with Gasteiger partial charge in [0.15, 0.2) is 0 Å². The zero-order valence-electron chi connectivity index (χ0n) is 11.5. The summed E-state index contributed by atoms with van der Waals surface area (Å²) in [4.78, 5) is 2.38. The molecule has 1 aromatic carbocycles. The molecule has 3 nitrogen and oxygen atoms in total. The number of rotatable bonds is 3. The summed E-state index contributed by atoms with van der Waals surface area (Å²) in [6.45, 7) is 3.01. The zero-order valence-corrected chi connectivity index (χ0v) is 11.5. The standard InChI is InChI=1S/C16H22N2O/c1-17-11-14(13-7-3-4-8-15(13)17)16(19)12-18-9-5-2-6-10-18/h3-4,7-8,11,16,19H,2,5-6,9-10,12H2,1H3/t16-/m1/s1. The SMILES string of the molecule is Cn1cc([C@H](O)CN2CCCCC2)c2ccccc21. The van der Waals surface area contributed by atoms with E-state index >= 15 is 0 Å². The molecule has 1 aliphatic heterocycles. The van der Waals surface area contributed by atoms with Crippen LogP contribution in [-0.2, 0) is 7.05 Å². The van der Waals surface area contributed by atoms with Gasteiger partial charge in [-0.25, -0.2) is 0 Å². The highest BCUT2D eigenvalue weighted by Crippen LogP contribution is 2.27. The van der Waals surface area contributed by atoms with Crippen molar-refractivity contribution in [2.45, 2.75) is 25.4 Å². The van der Waals surface area contributed by atoms with E-state index in [0.29, 0.717) is 0 Å². The van der Waals surface area contributed by atoms with Crippen molar-refractivity contribution in [3.8, 4) is 0 Å². The number of fused-ring (bicyclic) bond motifs is 1. The van der Waals surface area contributed by atoms with Crippen LogP contribution in [0.5, 0.6) is 0 Å². The van der Waals surface area contributed by atoms with E-state index in [0.717, 1.165) is 25.2 Å². The second-order valence-corrected chi connectivity index (χ2v) is 5.59. The van der Waals surface area contributed by atoms with Crippen LogP contribution >= 0.6 is 0 Å². The predicted octanol–water partition coefficient (Wildman–Crippen LogP) is 2.70. The minimum Gasteiger partial charge on any atom is -0.387 e. The highest BCUT2D eigenvalue weighted by Gasteiger charge is 2.19. The van der Waals surface area contributed by atoms with Crippen molar-refractivity contribution in [3.05, 3.63) is 36.0 Å². The topological polar surface area (TPSA) is 28.4 Å². The highest BCUT2D eigenvalue weighted by atomic mass is 16.3. The molecule has 1 aliphatic rings. The maximum atomic E-state index is 10.5. The lowest BCUT2D eigenvalue weighted by Gasteiger charge is -2.28. The molecule has 0 saturated carbocycles. The maximum absolute atomic E-state index is 10.5. The molecule has 1 saturated heterocycles. The lowest BCUT2D eigenvalue weighted by Crippen LogP contribution is -2.33. The van der Waals surface area contributed by atoms with Crippen molar-refractivity contribution >= 4 is 10.9 Å². The van der Waals surface area contributed by atoms with Crippen LogP contribution in [0.1, 0.15) is 30.9 Å². The van der Waals surface area contributed by atoms with Crippen LogP contribution in [0.15, 0.2) is 30.5 Å². The predicted molar refractivity (Wildman–Crippen MR) is 78.2 cm³/mol. The summed E-state index contributed by atoms with van der Waals surface area (Å²) in [6.07, 6.45) is 5.55. The van der Waals surface area contributed by atoms with E-state index in [1.54, 1.807) is 0 Å². The lowest BCUT2D eigenvalue weighted by molar-refractivity contribution is 0.102. The van der Waals surface area contributed by atoms with Gasteiger partial charge in [0.2, 0.25) is 0 Å². The first-order valence-corrected chi connectivity index (χ1v) is 7.20. The number of aryl methyl sites for hydroxylation is 1. The summed E-state index contributed by atoms with van der Waals surface area (Å²) >= 11 is 0. The Balaban J connectivity index is 1.82. The molecule has 1 fully saturated rings. The summed E-state index contributed by atoms with van der Waals surface area (Å²) in [6, 6.07) is 8.29. The Labute approximate surface area is 114 Å². The number of likely N-dealkylation sites (tertiary alicyclic amines) is 1. The second-order valence-electron chi connectivity index (χ2n) is 5.59. The molecule has 0 aliphatic carbocycles. The Morgan fingerprint density at radius 2 is 1.89 bits per heavy atom. The van der Waals surface area contributed by atoms with Gasteiger partial charge >= 0.3 is 0 Å². The van der Waals surface area contributed by atoms with Crippen LogP contribution in [0.4, 0.5) is 0 Å². The molecular weight excluding hydrogens is 236 g/mol. The van der Waals surface area contributed by atoms with Crippen LogP contribution in [0, 0.1) is 0 Å². The van der Waals surface area contributed by atoms with Crippen LogP contribution in [0.2, 0.25) is 0 Å². The highest BCUT2D eigenvalue weighted by molar-refractivity contribution is 5.84. The van der Waals surface area contributed by atoms with Gasteiger partial charge < -0.3 is 14.6 Å². The molecule has 0 spiro atoms. The fraction of sp³-hybridized carbons (Fsp3) is 0.500. The molecule has 19 heavy (non-hydrogen) atoms. The molecule has 2 aromatic rings. The molecule has 3 rings (SSSR count). The molecule has 0 bridgehead atoms. The fourth-order valence-corrected chi connectivity index (χ4v) is 3.12. The van der Waals surface area contributed by atoms with Gasteiger partial charge in [-0.15, -0.1) is 0 Å². The third-order valence-electron chi connectivity index (χ3n) is 4.17. The van der Waals surface area contributed by atoms with Gasteiger partial charge in [0.05, 0.1) is 6.10 Å². The normalized spacial score (nSPS) is 18.8. The second kappa shape index (κ2) is 5.35. The molecule has 3 heteroatoms. The van der Waals surface area contributed by atoms with E-state index < -0.39 is 0 Å². The first kappa shape index (κ1) is 12.7. The lowest BCUT2D eigenvalue weighted by atomic mass is 10.1. The first-order chi connectivity index (χ1) is 9.25. The van der Waals surface area contributed by atoms with Crippen molar-refractivity contribution in [1.29, 1.82) is 0 Å². The van der Waals surface area contributed by atoms with Gasteiger partial charge in [0, 0.05) is 36.3 Å². The number of piperidine rings is 1. The third kappa shape index (κ3) is 2.53. The van der Waals surface area contributed by atoms with E-state index in [1.807, 2.05) is 19.2 Å². The smallest absolute Gasteiger partial charge is 0.0937 e. The summed E-state index contributed by atoms with van der Waals surface area (Å²) in [5.74, 6) is 0. The van der Waals surface area contributed by atoms with Crippen LogP contribution in [0.3, 0.4) is 0 Å². The first-order valence-electron chi connectivity index (χ1n) is 7.20. The maximum Gasteiger partial charge on any atom is 0.0937 e. The molecule has 0 unspecified atom stereocenters. The number of hydrogen-bond acceptors (Lipinski definition) is 2. The fourth-order valence-electron chi connectivity index (χ4n) is 3.12.